The lowest BCUT2D eigenvalue weighted by atomic mass is 9.80. The van der Waals surface area contributed by atoms with Crippen molar-refractivity contribution in [2.75, 3.05) is 20.1 Å². The van der Waals surface area contributed by atoms with Crippen LogP contribution in [0.4, 0.5) is 13.2 Å². The fraction of sp³-hybridized carbons (Fsp3) is 0.556. The van der Waals surface area contributed by atoms with E-state index in [9.17, 15) is 22.8 Å². The number of carboxylic acids is 1. The summed E-state index contributed by atoms with van der Waals surface area (Å²) in [6.07, 6.45) is 2.71. The van der Waals surface area contributed by atoms with Crippen LogP contribution in [0.15, 0.2) is 24.5 Å². The number of rotatable bonds is 1. The molecule has 0 radical (unpaired) electrons. The normalized spacial score (nSPS) is 22.5. The molecule has 1 unspecified atom stereocenters. The molecule has 10 heteroatoms. The van der Waals surface area contributed by atoms with Gasteiger partial charge < -0.3 is 14.9 Å². The molecule has 0 aliphatic carbocycles. The van der Waals surface area contributed by atoms with Crippen molar-refractivity contribution < 1.29 is 32.7 Å². The summed E-state index contributed by atoms with van der Waals surface area (Å²) in [6.45, 7) is 1.42. The monoisotopic (exact) mass is 401 g/mol. The van der Waals surface area contributed by atoms with Crippen molar-refractivity contribution in [3.8, 4) is 0 Å². The number of pyridine rings is 1. The average Bonchev–Trinajstić information content (AvgIpc) is 2.66. The van der Waals surface area contributed by atoms with Gasteiger partial charge in [-0.25, -0.2) is 4.79 Å². The molecule has 2 aliphatic heterocycles. The van der Waals surface area contributed by atoms with Crippen LogP contribution in [0, 0.1) is 0 Å². The van der Waals surface area contributed by atoms with Crippen molar-refractivity contribution in [1.82, 2.24) is 14.8 Å². The van der Waals surface area contributed by atoms with Gasteiger partial charge in [-0.3, -0.25) is 14.6 Å². The van der Waals surface area contributed by atoms with E-state index < -0.39 is 12.1 Å². The van der Waals surface area contributed by atoms with Gasteiger partial charge in [-0.05, 0) is 37.8 Å². The molecule has 28 heavy (non-hydrogen) atoms. The zero-order valence-corrected chi connectivity index (χ0v) is 15.4. The Morgan fingerprint density at radius 1 is 1.18 bits per heavy atom. The third-order valence-corrected chi connectivity index (χ3v) is 5.13. The van der Waals surface area contributed by atoms with Crippen LogP contribution in [0.25, 0.3) is 0 Å². The molecule has 0 saturated carbocycles. The van der Waals surface area contributed by atoms with Gasteiger partial charge in [0.05, 0.1) is 5.54 Å². The smallest absolute Gasteiger partial charge is 0.475 e. The van der Waals surface area contributed by atoms with Gasteiger partial charge >= 0.3 is 12.1 Å². The third-order valence-electron chi connectivity index (χ3n) is 5.13. The Morgan fingerprint density at radius 2 is 1.75 bits per heavy atom. The Labute approximate surface area is 160 Å². The second kappa shape index (κ2) is 8.57. The Kier molecular flexibility index (Phi) is 6.63. The molecule has 1 spiro atoms. The molecule has 1 aromatic rings. The van der Waals surface area contributed by atoms with Gasteiger partial charge in [-0.2, -0.15) is 13.2 Å². The number of likely N-dealkylation sites (tertiary alicyclic amines) is 2. The summed E-state index contributed by atoms with van der Waals surface area (Å²) in [6, 6.07) is 3.50. The Morgan fingerprint density at radius 3 is 2.32 bits per heavy atom. The molecule has 1 N–H and O–H groups in total. The summed E-state index contributed by atoms with van der Waals surface area (Å²) in [7, 11) is 1.89. The minimum absolute atomic E-state index is 0.0443. The molecule has 2 aliphatic rings. The topological polar surface area (TPSA) is 90.8 Å². The van der Waals surface area contributed by atoms with Crippen molar-refractivity contribution in [2.45, 2.75) is 43.8 Å². The minimum atomic E-state index is -5.08. The molecule has 2 amide bonds. The minimum Gasteiger partial charge on any atom is -0.475 e. The van der Waals surface area contributed by atoms with Crippen LogP contribution in [-0.4, -0.2) is 69.5 Å². The molecular formula is C18H22F3N3O4. The highest BCUT2D eigenvalue weighted by atomic mass is 19.4. The van der Waals surface area contributed by atoms with Crippen molar-refractivity contribution in [1.29, 1.82) is 0 Å². The first kappa shape index (κ1) is 21.6. The van der Waals surface area contributed by atoms with Gasteiger partial charge in [0.2, 0.25) is 5.91 Å². The molecule has 154 valence electrons. The molecule has 3 heterocycles. The number of amides is 2. The maximum Gasteiger partial charge on any atom is 0.490 e. The number of likely N-dealkylation sites (N-methyl/N-ethyl adjacent to an activating group) is 1. The van der Waals surface area contributed by atoms with Crippen molar-refractivity contribution in [2.24, 2.45) is 0 Å². The van der Waals surface area contributed by atoms with E-state index in [0.29, 0.717) is 18.5 Å². The largest absolute Gasteiger partial charge is 0.490 e. The fourth-order valence-corrected chi connectivity index (χ4v) is 3.61. The van der Waals surface area contributed by atoms with E-state index >= 15 is 0 Å². The average molecular weight is 401 g/mol. The number of carbonyl (C=O) groups excluding carboxylic acids is 2. The highest BCUT2D eigenvalue weighted by Gasteiger charge is 2.44. The van der Waals surface area contributed by atoms with Crippen LogP contribution < -0.4 is 0 Å². The molecule has 2 fully saturated rings. The van der Waals surface area contributed by atoms with Crippen LogP contribution in [-0.2, 0) is 9.59 Å². The summed E-state index contributed by atoms with van der Waals surface area (Å²) < 4.78 is 31.7. The summed E-state index contributed by atoms with van der Waals surface area (Å²) >= 11 is 0. The molecular weight excluding hydrogens is 379 g/mol. The maximum absolute atomic E-state index is 12.6. The van der Waals surface area contributed by atoms with E-state index in [1.165, 1.54) is 0 Å². The first-order valence-corrected chi connectivity index (χ1v) is 8.83. The van der Waals surface area contributed by atoms with E-state index in [1.807, 2.05) is 16.8 Å². The fourth-order valence-electron chi connectivity index (χ4n) is 3.61. The highest BCUT2D eigenvalue weighted by molar-refractivity contribution is 5.94. The van der Waals surface area contributed by atoms with E-state index in [2.05, 4.69) is 4.98 Å². The summed E-state index contributed by atoms with van der Waals surface area (Å²) in [5.41, 5.74) is 0.517. The van der Waals surface area contributed by atoms with Gasteiger partial charge in [0.1, 0.15) is 0 Å². The quantitative estimate of drug-likeness (QED) is 0.780. The first-order chi connectivity index (χ1) is 13.1. The number of aliphatic carboxylic acids is 1. The van der Waals surface area contributed by atoms with Crippen LogP contribution in [0.2, 0.25) is 0 Å². The zero-order valence-electron chi connectivity index (χ0n) is 15.4. The van der Waals surface area contributed by atoms with Gasteiger partial charge in [0, 0.05) is 44.5 Å². The molecule has 2 saturated heterocycles. The molecule has 1 aromatic heterocycles. The lowest BCUT2D eigenvalue weighted by Gasteiger charge is -2.50. The number of piperidine rings is 2. The summed E-state index contributed by atoms with van der Waals surface area (Å²) in [5, 5.41) is 7.12. The van der Waals surface area contributed by atoms with Crippen LogP contribution >= 0.6 is 0 Å². The third kappa shape index (κ3) is 4.99. The SMILES string of the molecule is CN1C(=O)CCCC12CCCN(C(=O)c1ccncc1)C2.O=C(O)C(F)(F)F. The number of carbonyl (C=O) groups is 3. The summed E-state index contributed by atoms with van der Waals surface area (Å²) in [4.78, 5) is 41.3. The zero-order chi connectivity index (χ0) is 20.9. The Bertz CT molecular complexity index is 723. The molecule has 3 rings (SSSR count). The number of hydrogen-bond donors (Lipinski definition) is 1. The Balaban J connectivity index is 0.000000345. The number of halogens is 3. The van der Waals surface area contributed by atoms with Crippen LogP contribution in [0.3, 0.4) is 0 Å². The molecule has 1 atom stereocenters. The van der Waals surface area contributed by atoms with Gasteiger partial charge in [-0.15, -0.1) is 0 Å². The molecule has 0 aromatic carbocycles. The lowest BCUT2D eigenvalue weighted by Crippen LogP contribution is -2.61. The van der Waals surface area contributed by atoms with E-state index in [0.717, 1.165) is 32.2 Å². The highest BCUT2D eigenvalue weighted by Crippen LogP contribution is 2.36. The lowest BCUT2D eigenvalue weighted by molar-refractivity contribution is -0.192. The standard InChI is InChI=1S/C16H21N3O2.C2HF3O2/c1-18-14(20)4-2-7-16(18)8-3-11-19(12-16)15(21)13-5-9-17-10-6-13;3-2(4,5)1(6)7/h5-6,9-10H,2-4,7-8,11-12H2,1H3;(H,6,7). The summed E-state index contributed by atoms with van der Waals surface area (Å²) in [5.74, 6) is -2.50. The van der Waals surface area contributed by atoms with Gasteiger partial charge in [-0.1, -0.05) is 0 Å². The number of alkyl halides is 3. The predicted molar refractivity (Wildman–Crippen MR) is 92.4 cm³/mol. The van der Waals surface area contributed by atoms with Crippen molar-refractivity contribution >= 4 is 17.8 Å². The van der Waals surface area contributed by atoms with E-state index in [4.69, 9.17) is 9.90 Å². The second-order valence-electron chi connectivity index (χ2n) is 6.90. The number of carboxylic acid groups (broad SMARTS) is 1. The van der Waals surface area contributed by atoms with Crippen LogP contribution in [0.5, 0.6) is 0 Å². The Hall–Kier alpha value is -2.65. The van der Waals surface area contributed by atoms with E-state index in [1.54, 1.807) is 24.5 Å². The van der Waals surface area contributed by atoms with Crippen LogP contribution in [0.1, 0.15) is 42.5 Å². The molecule has 0 bridgehead atoms. The number of hydrogen-bond acceptors (Lipinski definition) is 4. The first-order valence-electron chi connectivity index (χ1n) is 8.83. The number of nitrogens with zero attached hydrogens (tertiary/aromatic N) is 3. The predicted octanol–water partition coefficient (Wildman–Crippen LogP) is 2.33. The number of aromatic nitrogens is 1. The van der Waals surface area contributed by atoms with Crippen molar-refractivity contribution in [3.05, 3.63) is 30.1 Å². The van der Waals surface area contributed by atoms with E-state index in [-0.39, 0.29) is 17.4 Å². The van der Waals surface area contributed by atoms with Crippen molar-refractivity contribution in [3.63, 3.8) is 0 Å². The second-order valence-corrected chi connectivity index (χ2v) is 6.90. The van der Waals surface area contributed by atoms with Gasteiger partial charge in [0.15, 0.2) is 0 Å². The van der Waals surface area contributed by atoms with Gasteiger partial charge in [0.25, 0.3) is 5.91 Å². The maximum atomic E-state index is 12.6. The molecule has 7 nitrogen and oxygen atoms in total.